The van der Waals surface area contributed by atoms with Crippen LogP contribution in [0.15, 0.2) is 11.3 Å². The third kappa shape index (κ3) is 1.60. The summed E-state index contributed by atoms with van der Waals surface area (Å²) < 4.78 is 0. The summed E-state index contributed by atoms with van der Waals surface area (Å²) in [6.07, 6.45) is 5.04. The molecule has 0 aromatic carbocycles. The first-order valence-corrected chi connectivity index (χ1v) is 5.24. The fourth-order valence-electron chi connectivity index (χ4n) is 2.88. The van der Waals surface area contributed by atoms with Gasteiger partial charge < -0.3 is 10.6 Å². The lowest BCUT2D eigenvalue weighted by Crippen LogP contribution is -2.29. The van der Waals surface area contributed by atoms with Crippen LogP contribution in [0.2, 0.25) is 0 Å². The molecule has 0 amide bonds. The molecule has 1 atom stereocenters. The molecule has 0 aromatic rings. The van der Waals surface area contributed by atoms with E-state index in [1.165, 1.54) is 37.9 Å². The molecule has 1 saturated heterocycles. The van der Waals surface area contributed by atoms with Gasteiger partial charge in [-0.15, -0.1) is 0 Å². The van der Waals surface area contributed by atoms with E-state index in [1.807, 2.05) is 0 Å². The van der Waals surface area contributed by atoms with E-state index in [1.54, 1.807) is 0 Å². The molecule has 0 radical (unpaired) electrons. The normalized spacial score (nSPS) is 36.2. The minimum atomic E-state index is 0.585. The molecule has 74 valence electrons. The van der Waals surface area contributed by atoms with Crippen molar-refractivity contribution in [1.82, 2.24) is 4.90 Å². The summed E-state index contributed by atoms with van der Waals surface area (Å²) in [4.78, 5) is 2.45. The molecule has 1 aliphatic heterocycles. The van der Waals surface area contributed by atoms with E-state index in [0.29, 0.717) is 5.41 Å². The molecule has 13 heavy (non-hydrogen) atoms. The van der Waals surface area contributed by atoms with Crippen LogP contribution in [0.25, 0.3) is 0 Å². The van der Waals surface area contributed by atoms with E-state index in [9.17, 15) is 0 Å². The van der Waals surface area contributed by atoms with Gasteiger partial charge in [0.2, 0.25) is 0 Å². The molecule has 2 aliphatic rings. The third-order valence-electron chi connectivity index (χ3n) is 3.74. The summed E-state index contributed by atoms with van der Waals surface area (Å²) in [5, 5.41) is 0. The highest BCUT2D eigenvalue weighted by Gasteiger charge is 2.38. The number of rotatable bonds is 0. The second-order valence-corrected chi connectivity index (χ2v) is 4.97. The summed E-state index contributed by atoms with van der Waals surface area (Å²) in [5.41, 5.74) is 9.11. The monoisotopic (exact) mass is 180 g/mol. The molecule has 1 heterocycles. The second-order valence-electron chi connectivity index (χ2n) is 4.97. The van der Waals surface area contributed by atoms with Gasteiger partial charge in [-0.25, -0.2) is 0 Å². The maximum Gasteiger partial charge on any atom is 0.00700 e. The molecule has 2 N–H and O–H groups in total. The zero-order chi connectivity index (χ0) is 9.47. The number of hydrogen-bond acceptors (Lipinski definition) is 2. The third-order valence-corrected chi connectivity index (χ3v) is 3.74. The van der Waals surface area contributed by atoms with Gasteiger partial charge in [0, 0.05) is 12.2 Å². The Morgan fingerprint density at radius 3 is 2.69 bits per heavy atom. The van der Waals surface area contributed by atoms with Crippen LogP contribution in [0.4, 0.5) is 0 Å². The highest BCUT2D eigenvalue weighted by Crippen LogP contribution is 2.44. The van der Waals surface area contributed by atoms with Crippen molar-refractivity contribution < 1.29 is 0 Å². The van der Waals surface area contributed by atoms with Gasteiger partial charge in [0.15, 0.2) is 0 Å². The zero-order valence-corrected chi connectivity index (χ0v) is 8.77. The van der Waals surface area contributed by atoms with E-state index in [2.05, 4.69) is 18.9 Å². The van der Waals surface area contributed by atoms with Crippen molar-refractivity contribution in [2.24, 2.45) is 11.1 Å². The summed E-state index contributed by atoms with van der Waals surface area (Å²) >= 11 is 0. The smallest absolute Gasteiger partial charge is 0.00700 e. The largest absolute Gasteiger partial charge is 0.402 e. The first-order valence-electron chi connectivity index (χ1n) is 5.24. The minimum absolute atomic E-state index is 0.585. The molecule has 1 fully saturated rings. The molecule has 2 heteroatoms. The van der Waals surface area contributed by atoms with Crippen molar-refractivity contribution in [3.8, 4) is 0 Å². The van der Waals surface area contributed by atoms with Gasteiger partial charge in [-0.3, -0.25) is 0 Å². The number of allylic oxidation sites excluding steroid dienone is 2. The van der Waals surface area contributed by atoms with Gasteiger partial charge in [-0.05, 0) is 51.6 Å². The van der Waals surface area contributed by atoms with Gasteiger partial charge in [0.05, 0.1) is 0 Å². The van der Waals surface area contributed by atoms with E-state index in [4.69, 9.17) is 5.73 Å². The predicted octanol–water partition coefficient (Wildman–Crippen LogP) is 1.72. The lowest BCUT2D eigenvalue weighted by molar-refractivity contribution is 0.245. The number of likely N-dealkylation sites (tertiary alicyclic amines) is 1. The molecule has 1 aliphatic carbocycles. The van der Waals surface area contributed by atoms with Crippen LogP contribution in [-0.4, -0.2) is 25.0 Å². The predicted molar refractivity (Wildman–Crippen MR) is 55.3 cm³/mol. The Labute approximate surface area is 80.8 Å². The zero-order valence-electron chi connectivity index (χ0n) is 8.77. The average Bonchev–Trinajstić information content (AvgIpc) is 2.42. The van der Waals surface area contributed by atoms with E-state index < -0.39 is 0 Å². The fraction of sp³-hybridized carbons (Fsp3) is 0.818. The first-order chi connectivity index (χ1) is 6.11. The van der Waals surface area contributed by atoms with Gasteiger partial charge in [0.1, 0.15) is 0 Å². The van der Waals surface area contributed by atoms with Crippen molar-refractivity contribution in [3.63, 3.8) is 0 Å². The Balaban J connectivity index is 2.12. The van der Waals surface area contributed by atoms with Crippen molar-refractivity contribution in [3.05, 3.63) is 11.3 Å². The van der Waals surface area contributed by atoms with Crippen LogP contribution >= 0.6 is 0 Å². The molecule has 1 spiro atoms. The molecular formula is C11H20N2. The van der Waals surface area contributed by atoms with Crippen LogP contribution in [0.1, 0.15) is 32.6 Å². The summed E-state index contributed by atoms with van der Waals surface area (Å²) in [6, 6.07) is 0. The first kappa shape index (κ1) is 9.07. The van der Waals surface area contributed by atoms with Crippen LogP contribution in [0, 0.1) is 5.41 Å². The van der Waals surface area contributed by atoms with Crippen LogP contribution < -0.4 is 5.73 Å². The molecule has 1 unspecified atom stereocenters. The van der Waals surface area contributed by atoms with E-state index >= 15 is 0 Å². The van der Waals surface area contributed by atoms with Crippen LogP contribution in [-0.2, 0) is 0 Å². The van der Waals surface area contributed by atoms with Crippen molar-refractivity contribution >= 4 is 0 Å². The van der Waals surface area contributed by atoms with Crippen molar-refractivity contribution in [2.45, 2.75) is 32.6 Å². The molecule has 0 bridgehead atoms. The van der Waals surface area contributed by atoms with E-state index in [-0.39, 0.29) is 0 Å². The molecular weight excluding hydrogens is 160 g/mol. The maximum atomic E-state index is 5.93. The molecule has 2 rings (SSSR count). The van der Waals surface area contributed by atoms with Gasteiger partial charge in [-0.2, -0.15) is 0 Å². The lowest BCUT2D eigenvalue weighted by Gasteiger charge is -2.34. The minimum Gasteiger partial charge on any atom is -0.402 e. The molecule has 2 nitrogen and oxygen atoms in total. The topological polar surface area (TPSA) is 29.3 Å². The lowest BCUT2D eigenvalue weighted by atomic mass is 9.73. The number of hydrogen-bond donors (Lipinski definition) is 1. The van der Waals surface area contributed by atoms with Crippen LogP contribution in [0.3, 0.4) is 0 Å². The Morgan fingerprint density at radius 1 is 1.38 bits per heavy atom. The standard InChI is InChI=1S/C11H20N2/c1-9-7-11(4-3-10(9)12)5-6-13(2)8-11/h3-8,12H2,1-2H3. The quantitative estimate of drug-likeness (QED) is 0.615. The number of nitrogens with zero attached hydrogens (tertiary/aromatic N) is 1. The summed E-state index contributed by atoms with van der Waals surface area (Å²) in [5.74, 6) is 0. The Bertz CT molecular complexity index is 244. The molecule has 0 aromatic heterocycles. The number of nitrogens with two attached hydrogens (primary N) is 1. The van der Waals surface area contributed by atoms with Gasteiger partial charge in [-0.1, -0.05) is 5.57 Å². The highest BCUT2D eigenvalue weighted by atomic mass is 15.1. The van der Waals surface area contributed by atoms with Crippen molar-refractivity contribution in [2.75, 3.05) is 20.1 Å². The highest BCUT2D eigenvalue weighted by molar-refractivity contribution is 5.17. The van der Waals surface area contributed by atoms with Gasteiger partial charge >= 0.3 is 0 Å². The second kappa shape index (κ2) is 3.02. The Hall–Kier alpha value is -0.500. The van der Waals surface area contributed by atoms with Crippen LogP contribution in [0.5, 0.6) is 0 Å². The molecule has 0 saturated carbocycles. The Morgan fingerprint density at radius 2 is 2.15 bits per heavy atom. The average molecular weight is 180 g/mol. The SMILES string of the molecule is CC1=C(N)CCC2(CCN(C)C2)C1. The fourth-order valence-corrected chi connectivity index (χ4v) is 2.88. The van der Waals surface area contributed by atoms with Crippen molar-refractivity contribution in [1.29, 1.82) is 0 Å². The summed E-state index contributed by atoms with van der Waals surface area (Å²) in [6.45, 7) is 4.75. The van der Waals surface area contributed by atoms with E-state index in [0.717, 1.165) is 12.1 Å². The Kier molecular flexibility index (Phi) is 2.11. The van der Waals surface area contributed by atoms with Gasteiger partial charge in [0.25, 0.3) is 0 Å². The summed E-state index contributed by atoms with van der Waals surface area (Å²) in [7, 11) is 2.23. The maximum absolute atomic E-state index is 5.93.